The average molecular weight is 295 g/mol. The van der Waals surface area contributed by atoms with Crippen molar-refractivity contribution in [2.24, 2.45) is 5.92 Å². The molecule has 0 radical (unpaired) electrons. The largest absolute Gasteiger partial charge is 0.314 e. The van der Waals surface area contributed by atoms with Crippen LogP contribution in [0.5, 0.6) is 0 Å². The first-order chi connectivity index (χ1) is 9.49. The van der Waals surface area contributed by atoms with Crippen LogP contribution in [0.1, 0.15) is 54.5 Å². The fraction of sp³-hybridized carbons (Fsp3) is 0.765. The van der Waals surface area contributed by atoms with Crippen molar-refractivity contribution in [3.8, 4) is 0 Å². The summed E-state index contributed by atoms with van der Waals surface area (Å²) in [5, 5.41) is 3.67. The molecule has 1 aliphatic rings. The fourth-order valence-electron chi connectivity index (χ4n) is 3.46. The second-order valence-corrected chi connectivity index (χ2v) is 8.07. The number of nitrogens with zero attached hydrogens (tertiary/aromatic N) is 1. The number of likely N-dealkylation sites (tertiary alicyclic amines) is 1. The minimum atomic E-state index is 0.578. The van der Waals surface area contributed by atoms with Gasteiger partial charge in [0.25, 0.3) is 0 Å². The molecule has 1 aliphatic heterocycles. The summed E-state index contributed by atoms with van der Waals surface area (Å²) in [6.45, 7) is 11.4. The molecule has 0 amide bonds. The Morgan fingerprint density at radius 1 is 1.35 bits per heavy atom. The summed E-state index contributed by atoms with van der Waals surface area (Å²) in [6.07, 6.45) is 4.06. The Balaban J connectivity index is 2.23. The normalized spacial score (nSPS) is 25.1. The van der Waals surface area contributed by atoms with Gasteiger partial charge in [-0.2, -0.15) is 0 Å². The van der Waals surface area contributed by atoms with Crippen molar-refractivity contribution in [1.29, 1.82) is 0 Å². The van der Waals surface area contributed by atoms with Gasteiger partial charge >= 0.3 is 0 Å². The molecule has 3 heteroatoms. The molecule has 2 rings (SSSR count). The molecule has 2 heterocycles. The van der Waals surface area contributed by atoms with Crippen LogP contribution in [0, 0.1) is 19.8 Å². The van der Waals surface area contributed by atoms with Crippen molar-refractivity contribution in [3.63, 3.8) is 0 Å². The average Bonchev–Trinajstić information content (AvgIpc) is 2.58. The molecular weight excluding hydrogens is 264 g/mol. The fourth-order valence-corrected chi connectivity index (χ4v) is 4.43. The maximum Gasteiger partial charge on any atom is 0.0396 e. The Morgan fingerprint density at radius 2 is 2.10 bits per heavy atom. The van der Waals surface area contributed by atoms with Gasteiger partial charge in [-0.05, 0) is 57.8 Å². The molecule has 1 aromatic heterocycles. The van der Waals surface area contributed by atoms with Gasteiger partial charge in [-0.15, -0.1) is 11.3 Å². The Hall–Kier alpha value is -0.380. The summed E-state index contributed by atoms with van der Waals surface area (Å²) in [5.41, 5.74) is 1.58. The van der Waals surface area contributed by atoms with Gasteiger partial charge in [0.05, 0.1) is 0 Å². The maximum absolute atomic E-state index is 3.67. The first kappa shape index (κ1) is 16.0. The molecule has 0 bridgehead atoms. The molecule has 1 aromatic rings. The van der Waals surface area contributed by atoms with Crippen LogP contribution < -0.4 is 5.32 Å². The van der Waals surface area contributed by atoms with Gasteiger partial charge in [-0.1, -0.05) is 20.3 Å². The van der Waals surface area contributed by atoms with Gasteiger partial charge in [0, 0.05) is 28.4 Å². The van der Waals surface area contributed by atoms with Crippen LogP contribution in [0.15, 0.2) is 6.07 Å². The molecule has 1 saturated heterocycles. The first-order valence-electron chi connectivity index (χ1n) is 7.99. The Bertz CT molecular complexity index is 425. The monoisotopic (exact) mass is 294 g/mol. The minimum Gasteiger partial charge on any atom is -0.314 e. The van der Waals surface area contributed by atoms with Crippen molar-refractivity contribution >= 4 is 11.3 Å². The van der Waals surface area contributed by atoms with E-state index in [9.17, 15) is 0 Å². The number of aryl methyl sites for hydroxylation is 2. The van der Waals surface area contributed by atoms with Gasteiger partial charge in [-0.25, -0.2) is 0 Å². The highest BCUT2D eigenvalue weighted by Crippen LogP contribution is 2.38. The quantitative estimate of drug-likeness (QED) is 0.898. The number of hydrogen-bond acceptors (Lipinski definition) is 3. The zero-order valence-electron chi connectivity index (χ0n) is 13.7. The summed E-state index contributed by atoms with van der Waals surface area (Å²) < 4.78 is 0. The van der Waals surface area contributed by atoms with Crippen LogP contribution in [0.25, 0.3) is 0 Å². The molecule has 1 fully saturated rings. The van der Waals surface area contributed by atoms with E-state index in [1.165, 1.54) is 35.6 Å². The van der Waals surface area contributed by atoms with Gasteiger partial charge < -0.3 is 5.32 Å². The van der Waals surface area contributed by atoms with Crippen LogP contribution in [-0.2, 0) is 0 Å². The lowest BCUT2D eigenvalue weighted by molar-refractivity contribution is 0.187. The molecular formula is C17H30N2S. The molecule has 0 aliphatic carbocycles. The van der Waals surface area contributed by atoms with Crippen LogP contribution in [0.4, 0.5) is 0 Å². The second kappa shape index (κ2) is 7.06. The van der Waals surface area contributed by atoms with Crippen LogP contribution >= 0.6 is 11.3 Å². The van der Waals surface area contributed by atoms with Crippen molar-refractivity contribution < 1.29 is 0 Å². The smallest absolute Gasteiger partial charge is 0.0396 e. The van der Waals surface area contributed by atoms with E-state index < -0.39 is 0 Å². The molecule has 1 N–H and O–H groups in total. The highest BCUT2D eigenvalue weighted by molar-refractivity contribution is 7.12. The topological polar surface area (TPSA) is 15.3 Å². The van der Waals surface area contributed by atoms with E-state index in [1.54, 1.807) is 5.56 Å². The van der Waals surface area contributed by atoms with E-state index in [0.717, 1.165) is 12.5 Å². The van der Waals surface area contributed by atoms with Crippen LogP contribution in [0.2, 0.25) is 0 Å². The molecule has 0 saturated carbocycles. The predicted molar refractivity (Wildman–Crippen MR) is 89.6 cm³/mol. The molecule has 2 unspecified atom stereocenters. The highest BCUT2D eigenvalue weighted by atomic mass is 32.1. The second-order valence-electron chi connectivity index (χ2n) is 6.61. The van der Waals surface area contributed by atoms with Crippen molar-refractivity contribution in [3.05, 3.63) is 21.4 Å². The summed E-state index contributed by atoms with van der Waals surface area (Å²) in [6, 6.07) is 3.60. The van der Waals surface area contributed by atoms with Crippen molar-refractivity contribution in [2.75, 3.05) is 20.1 Å². The number of nitrogens with one attached hydrogen (secondary N) is 1. The molecule has 2 nitrogen and oxygen atoms in total. The Labute approximate surface area is 128 Å². The van der Waals surface area contributed by atoms with Crippen LogP contribution in [-0.4, -0.2) is 31.1 Å². The summed E-state index contributed by atoms with van der Waals surface area (Å²) >= 11 is 1.95. The van der Waals surface area contributed by atoms with Gasteiger partial charge in [0.1, 0.15) is 0 Å². The third-order valence-electron chi connectivity index (χ3n) is 4.44. The van der Waals surface area contributed by atoms with E-state index in [4.69, 9.17) is 0 Å². The minimum absolute atomic E-state index is 0.578. The molecule has 0 spiro atoms. The molecule has 20 heavy (non-hydrogen) atoms. The zero-order valence-corrected chi connectivity index (χ0v) is 14.5. The maximum atomic E-state index is 3.67. The summed E-state index contributed by atoms with van der Waals surface area (Å²) in [5.74, 6) is 0.734. The molecule has 114 valence electrons. The number of hydrogen-bond donors (Lipinski definition) is 1. The van der Waals surface area contributed by atoms with Crippen molar-refractivity contribution in [2.45, 2.75) is 59.0 Å². The number of thiophene rings is 1. The molecule has 0 aromatic carbocycles. The van der Waals surface area contributed by atoms with Gasteiger partial charge in [0.2, 0.25) is 0 Å². The first-order valence-corrected chi connectivity index (χ1v) is 8.81. The lowest BCUT2D eigenvalue weighted by Gasteiger charge is -2.33. The van der Waals surface area contributed by atoms with Crippen LogP contribution in [0.3, 0.4) is 0 Å². The molecule has 2 atom stereocenters. The summed E-state index contributed by atoms with van der Waals surface area (Å²) in [7, 11) is 2.31. The number of rotatable bonds is 4. The predicted octanol–water partition coefficient (Wildman–Crippen LogP) is 4.14. The summed E-state index contributed by atoms with van der Waals surface area (Å²) in [4.78, 5) is 5.55. The highest BCUT2D eigenvalue weighted by Gasteiger charge is 2.30. The van der Waals surface area contributed by atoms with Gasteiger partial charge in [0.15, 0.2) is 0 Å². The third-order valence-corrected chi connectivity index (χ3v) is 5.43. The van der Waals surface area contributed by atoms with E-state index >= 15 is 0 Å². The van der Waals surface area contributed by atoms with E-state index in [2.05, 4.69) is 51.0 Å². The van der Waals surface area contributed by atoms with Crippen molar-refractivity contribution in [1.82, 2.24) is 10.2 Å². The Morgan fingerprint density at radius 3 is 2.70 bits per heavy atom. The lowest BCUT2D eigenvalue weighted by Crippen LogP contribution is -2.37. The standard InChI is InChI=1S/C17H30N2S/c1-12(2)18-11-15-8-6-7-9-19(5)17(15)16-10-13(3)20-14(16)4/h10,12,15,17-18H,6-9,11H2,1-5H3. The third kappa shape index (κ3) is 3.84. The van der Waals surface area contributed by atoms with E-state index in [1.807, 2.05) is 11.3 Å². The van der Waals surface area contributed by atoms with Gasteiger partial charge in [-0.3, -0.25) is 4.90 Å². The lowest BCUT2D eigenvalue weighted by atomic mass is 9.89. The van der Waals surface area contributed by atoms with E-state index in [0.29, 0.717) is 12.1 Å². The SMILES string of the molecule is Cc1cc(C2C(CNC(C)C)CCCCN2C)c(C)s1. The van der Waals surface area contributed by atoms with E-state index in [-0.39, 0.29) is 0 Å². The zero-order chi connectivity index (χ0) is 14.7. The Kier molecular flexibility index (Phi) is 5.65.